The summed E-state index contributed by atoms with van der Waals surface area (Å²) < 4.78 is 31.9. The highest BCUT2D eigenvalue weighted by atomic mass is 32.2. The number of likely N-dealkylation sites (N-methyl/N-ethyl adjacent to an activating group) is 1. The van der Waals surface area contributed by atoms with E-state index in [2.05, 4.69) is 11.3 Å². The molecule has 10 heteroatoms. The molecular formula is C21H29N3O6S. The summed E-state index contributed by atoms with van der Waals surface area (Å²) in [4.78, 5) is 40.2. The molecule has 1 aromatic rings. The Hall–Kier alpha value is -2.72. The van der Waals surface area contributed by atoms with Crippen molar-refractivity contribution >= 4 is 27.8 Å². The average Bonchev–Trinajstić information content (AvgIpc) is 2.77. The van der Waals surface area contributed by atoms with Crippen molar-refractivity contribution in [2.24, 2.45) is 5.92 Å². The third kappa shape index (κ3) is 6.63. The number of nitrogens with one attached hydrogen (secondary N) is 1. The number of piperidine rings is 1. The second-order valence-electron chi connectivity index (χ2n) is 7.26. The van der Waals surface area contributed by atoms with Crippen LogP contribution in [0.5, 0.6) is 0 Å². The summed E-state index contributed by atoms with van der Waals surface area (Å²) >= 11 is 0. The molecule has 1 aliphatic rings. The Balaban J connectivity index is 2.03. The fourth-order valence-corrected chi connectivity index (χ4v) is 4.34. The second kappa shape index (κ2) is 11.1. The van der Waals surface area contributed by atoms with Crippen molar-refractivity contribution < 1.29 is 27.5 Å². The van der Waals surface area contributed by atoms with Gasteiger partial charge in [0.05, 0.1) is 24.0 Å². The van der Waals surface area contributed by atoms with Gasteiger partial charge in [-0.05, 0) is 38.0 Å². The highest BCUT2D eigenvalue weighted by Crippen LogP contribution is 2.19. The van der Waals surface area contributed by atoms with Gasteiger partial charge < -0.3 is 14.5 Å². The number of hydrogen-bond acceptors (Lipinski definition) is 6. The van der Waals surface area contributed by atoms with Gasteiger partial charge in [-0.25, -0.2) is 13.1 Å². The summed E-state index contributed by atoms with van der Waals surface area (Å²) in [5.41, 5.74) is 0.153. The minimum atomic E-state index is -3.77. The van der Waals surface area contributed by atoms with Gasteiger partial charge >= 0.3 is 5.97 Å². The van der Waals surface area contributed by atoms with Crippen LogP contribution in [0.1, 0.15) is 30.1 Å². The number of esters is 1. The molecule has 0 bridgehead atoms. The predicted octanol–water partition coefficient (Wildman–Crippen LogP) is 1.02. The van der Waals surface area contributed by atoms with Gasteiger partial charge in [0, 0.05) is 32.2 Å². The van der Waals surface area contributed by atoms with E-state index < -0.39 is 15.9 Å². The fraction of sp³-hybridized carbons (Fsp3) is 0.476. The maximum atomic E-state index is 12.8. The molecule has 1 fully saturated rings. The molecule has 1 N–H and O–H groups in total. The van der Waals surface area contributed by atoms with Crippen LogP contribution in [0.15, 0.2) is 41.8 Å². The van der Waals surface area contributed by atoms with Gasteiger partial charge in [0.2, 0.25) is 15.9 Å². The Bertz CT molecular complexity index is 931. The number of carbonyl (C=O) groups excluding carboxylic acids is 3. The van der Waals surface area contributed by atoms with Crippen molar-refractivity contribution in [1.29, 1.82) is 0 Å². The van der Waals surface area contributed by atoms with Gasteiger partial charge in [0.25, 0.3) is 5.91 Å². The van der Waals surface area contributed by atoms with Crippen LogP contribution >= 0.6 is 0 Å². The van der Waals surface area contributed by atoms with Gasteiger partial charge in [0.1, 0.15) is 0 Å². The molecule has 1 aliphatic heterocycles. The minimum Gasteiger partial charge on any atom is -0.466 e. The van der Waals surface area contributed by atoms with E-state index in [1.54, 1.807) is 11.8 Å². The molecule has 0 aliphatic carbocycles. The van der Waals surface area contributed by atoms with Crippen molar-refractivity contribution in [2.45, 2.75) is 24.7 Å². The number of carbonyl (C=O) groups is 3. The monoisotopic (exact) mass is 451 g/mol. The molecular weight excluding hydrogens is 422 g/mol. The molecule has 170 valence electrons. The number of amides is 2. The Kier molecular flexibility index (Phi) is 8.76. The number of likely N-dealkylation sites (tertiary alicyclic amines) is 1. The highest BCUT2D eigenvalue weighted by molar-refractivity contribution is 7.89. The summed E-state index contributed by atoms with van der Waals surface area (Å²) in [7, 11) is -2.30. The van der Waals surface area contributed by atoms with Gasteiger partial charge in [0.15, 0.2) is 0 Å². The lowest BCUT2D eigenvalue weighted by atomic mass is 9.98. The van der Waals surface area contributed by atoms with E-state index in [-0.39, 0.29) is 47.9 Å². The van der Waals surface area contributed by atoms with E-state index in [0.29, 0.717) is 26.0 Å². The topological polar surface area (TPSA) is 113 Å². The van der Waals surface area contributed by atoms with Crippen LogP contribution in [-0.4, -0.2) is 75.8 Å². The summed E-state index contributed by atoms with van der Waals surface area (Å²) in [6.45, 7) is 6.16. The quantitative estimate of drug-likeness (QED) is 0.443. The molecule has 1 saturated heterocycles. The highest BCUT2D eigenvalue weighted by Gasteiger charge is 2.30. The number of benzene rings is 1. The summed E-state index contributed by atoms with van der Waals surface area (Å²) in [6, 6.07) is 5.62. The van der Waals surface area contributed by atoms with Crippen LogP contribution < -0.4 is 4.72 Å². The zero-order valence-electron chi connectivity index (χ0n) is 17.9. The molecule has 1 unspecified atom stereocenters. The van der Waals surface area contributed by atoms with Crippen LogP contribution in [0.3, 0.4) is 0 Å². The zero-order valence-corrected chi connectivity index (χ0v) is 18.7. The first kappa shape index (κ1) is 24.5. The van der Waals surface area contributed by atoms with E-state index in [1.165, 1.54) is 42.3 Å². The van der Waals surface area contributed by atoms with Gasteiger partial charge in [-0.3, -0.25) is 14.4 Å². The lowest BCUT2D eigenvalue weighted by Gasteiger charge is -2.32. The molecule has 1 aromatic carbocycles. The number of rotatable bonds is 9. The Morgan fingerprint density at radius 3 is 2.77 bits per heavy atom. The normalized spacial score (nSPS) is 16.5. The molecule has 9 nitrogen and oxygen atoms in total. The lowest BCUT2D eigenvalue weighted by Crippen LogP contribution is -2.47. The first-order valence-corrected chi connectivity index (χ1v) is 11.6. The van der Waals surface area contributed by atoms with E-state index in [9.17, 15) is 22.8 Å². The molecule has 0 saturated carbocycles. The van der Waals surface area contributed by atoms with Crippen LogP contribution in [0, 0.1) is 5.92 Å². The summed E-state index contributed by atoms with van der Waals surface area (Å²) in [5.74, 6) is -1.43. The maximum Gasteiger partial charge on any atom is 0.310 e. The van der Waals surface area contributed by atoms with E-state index in [1.807, 2.05) is 0 Å². The van der Waals surface area contributed by atoms with E-state index >= 15 is 0 Å². The van der Waals surface area contributed by atoms with E-state index in [0.717, 1.165) is 0 Å². The Labute approximate surface area is 183 Å². The lowest BCUT2D eigenvalue weighted by molar-refractivity contribution is -0.151. The van der Waals surface area contributed by atoms with Crippen molar-refractivity contribution in [3.05, 3.63) is 42.5 Å². The molecule has 31 heavy (non-hydrogen) atoms. The van der Waals surface area contributed by atoms with Crippen molar-refractivity contribution in [2.75, 3.05) is 39.8 Å². The first-order valence-electron chi connectivity index (χ1n) is 10.1. The SMILES string of the molecule is C=CCNS(=O)(=O)c1cccc(C(=O)N(C)CC(=O)N2CCCC(C(=O)OCC)C2)c1. The van der Waals surface area contributed by atoms with E-state index in [4.69, 9.17) is 4.74 Å². The van der Waals surface area contributed by atoms with Crippen LogP contribution in [-0.2, 0) is 24.3 Å². The number of hydrogen-bond donors (Lipinski definition) is 1. The number of sulfonamides is 1. The number of nitrogens with zero attached hydrogens (tertiary/aromatic N) is 2. The molecule has 0 aromatic heterocycles. The predicted molar refractivity (Wildman–Crippen MR) is 115 cm³/mol. The maximum absolute atomic E-state index is 12.8. The molecule has 0 spiro atoms. The van der Waals surface area contributed by atoms with Crippen molar-refractivity contribution in [3.63, 3.8) is 0 Å². The standard InChI is InChI=1S/C21H29N3O6S/c1-4-11-22-31(28,29)18-10-6-8-16(13-18)20(26)23(3)15-19(25)24-12-7-9-17(14-24)21(27)30-5-2/h4,6,8,10,13,17,22H,1,5,7,9,11-12,14-15H2,2-3H3. The first-order chi connectivity index (χ1) is 14.7. The van der Waals surface area contributed by atoms with Crippen LogP contribution in [0.25, 0.3) is 0 Å². The number of ether oxygens (including phenoxy) is 1. The third-order valence-corrected chi connectivity index (χ3v) is 6.34. The summed E-state index contributed by atoms with van der Waals surface area (Å²) in [5, 5.41) is 0. The van der Waals surface area contributed by atoms with Crippen molar-refractivity contribution in [1.82, 2.24) is 14.5 Å². The van der Waals surface area contributed by atoms with Gasteiger partial charge in [-0.15, -0.1) is 6.58 Å². The molecule has 1 atom stereocenters. The Morgan fingerprint density at radius 1 is 1.35 bits per heavy atom. The fourth-order valence-electron chi connectivity index (χ4n) is 3.30. The zero-order chi connectivity index (χ0) is 23.0. The minimum absolute atomic E-state index is 0.0479. The van der Waals surface area contributed by atoms with Gasteiger partial charge in [-0.1, -0.05) is 12.1 Å². The molecule has 0 radical (unpaired) electrons. The van der Waals surface area contributed by atoms with Crippen molar-refractivity contribution in [3.8, 4) is 0 Å². The smallest absolute Gasteiger partial charge is 0.310 e. The molecule has 2 amide bonds. The van der Waals surface area contributed by atoms with Crippen LogP contribution in [0.4, 0.5) is 0 Å². The largest absolute Gasteiger partial charge is 0.466 e. The molecule has 2 rings (SSSR count). The Morgan fingerprint density at radius 2 is 2.10 bits per heavy atom. The second-order valence-corrected chi connectivity index (χ2v) is 9.03. The van der Waals surface area contributed by atoms with Gasteiger partial charge in [-0.2, -0.15) is 0 Å². The summed E-state index contributed by atoms with van der Waals surface area (Å²) in [6.07, 6.45) is 2.77. The van der Waals surface area contributed by atoms with Crippen LogP contribution in [0.2, 0.25) is 0 Å². The average molecular weight is 452 g/mol. The third-order valence-electron chi connectivity index (χ3n) is 4.92. The molecule has 1 heterocycles.